The monoisotopic (exact) mass is 315 g/mol. The molecule has 0 aliphatic carbocycles. The lowest BCUT2D eigenvalue weighted by Crippen LogP contribution is -2.14. The minimum absolute atomic E-state index is 0.0250. The van der Waals surface area contributed by atoms with E-state index in [2.05, 4.69) is 5.32 Å². The second kappa shape index (κ2) is 7.38. The Balaban J connectivity index is 1.78. The fraction of sp³-hybridized carbons (Fsp3) is 0.0476. The van der Waals surface area contributed by atoms with E-state index in [9.17, 15) is 9.59 Å². The van der Waals surface area contributed by atoms with E-state index in [0.29, 0.717) is 16.8 Å². The Kier molecular flexibility index (Phi) is 4.82. The summed E-state index contributed by atoms with van der Waals surface area (Å²) in [6.07, 6.45) is 0.245. The maximum absolute atomic E-state index is 12.4. The topological polar surface area (TPSA) is 46.2 Å². The van der Waals surface area contributed by atoms with Crippen molar-refractivity contribution >= 4 is 17.4 Å². The summed E-state index contributed by atoms with van der Waals surface area (Å²) in [6, 6.07) is 25.6. The van der Waals surface area contributed by atoms with E-state index in [0.717, 1.165) is 5.56 Å². The lowest BCUT2D eigenvalue weighted by molar-refractivity contribution is 0.0989. The van der Waals surface area contributed by atoms with Crippen molar-refractivity contribution in [2.75, 3.05) is 5.32 Å². The molecule has 1 amide bonds. The van der Waals surface area contributed by atoms with E-state index >= 15 is 0 Å². The number of ketones is 1. The van der Waals surface area contributed by atoms with Crippen LogP contribution in [0.5, 0.6) is 0 Å². The van der Waals surface area contributed by atoms with E-state index in [4.69, 9.17) is 0 Å². The number of carbonyl (C=O) groups is 2. The van der Waals surface area contributed by atoms with Crippen LogP contribution in [0.3, 0.4) is 0 Å². The first-order chi connectivity index (χ1) is 11.7. The summed E-state index contributed by atoms with van der Waals surface area (Å²) in [4.78, 5) is 24.7. The van der Waals surface area contributed by atoms with Crippen LogP contribution in [0.25, 0.3) is 0 Å². The van der Waals surface area contributed by atoms with Gasteiger partial charge in [0.2, 0.25) is 0 Å². The fourth-order valence-electron chi connectivity index (χ4n) is 2.48. The zero-order valence-electron chi connectivity index (χ0n) is 13.1. The molecule has 3 aromatic rings. The number of carbonyl (C=O) groups excluding carboxylic acids is 2. The van der Waals surface area contributed by atoms with Gasteiger partial charge in [-0.25, -0.2) is 0 Å². The van der Waals surface area contributed by atoms with E-state index in [1.807, 2.05) is 60.7 Å². The molecule has 0 aliphatic rings. The number of anilines is 1. The highest BCUT2D eigenvalue weighted by Gasteiger charge is 2.12. The molecule has 1 N–H and O–H groups in total. The molecule has 0 saturated carbocycles. The maximum Gasteiger partial charge on any atom is 0.255 e. The lowest BCUT2D eigenvalue weighted by Gasteiger charge is -2.11. The van der Waals surface area contributed by atoms with Gasteiger partial charge in [0, 0.05) is 23.2 Å². The second-order valence-corrected chi connectivity index (χ2v) is 5.44. The van der Waals surface area contributed by atoms with E-state index in [-0.39, 0.29) is 18.1 Å². The van der Waals surface area contributed by atoms with E-state index in [1.165, 1.54) is 0 Å². The second-order valence-electron chi connectivity index (χ2n) is 5.44. The van der Waals surface area contributed by atoms with E-state index < -0.39 is 0 Å². The zero-order valence-corrected chi connectivity index (χ0v) is 13.1. The first-order valence-electron chi connectivity index (χ1n) is 7.76. The quantitative estimate of drug-likeness (QED) is 0.711. The predicted octanol–water partition coefficient (Wildman–Crippen LogP) is 4.36. The van der Waals surface area contributed by atoms with Gasteiger partial charge >= 0.3 is 0 Å². The molecule has 3 heteroatoms. The van der Waals surface area contributed by atoms with Crippen LogP contribution in [0.1, 0.15) is 26.3 Å². The SMILES string of the molecule is O=C(Cc1ccccc1NC(=O)c1ccccc1)c1ccccc1. The van der Waals surface area contributed by atoms with Gasteiger partial charge in [-0.05, 0) is 23.8 Å². The Morgan fingerprint density at radius 3 is 1.88 bits per heavy atom. The number of hydrogen-bond acceptors (Lipinski definition) is 2. The summed E-state index contributed by atoms with van der Waals surface area (Å²) in [5.74, 6) is -0.160. The number of amides is 1. The highest BCUT2D eigenvalue weighted by molar-refractivity contribution is 6.05. The molecule has 118 valence electrons. The predicted molar refractivity (Wildman–Crippen MR) is 95.3 cm³/mol. The summed E-state index contributed by atoms with van der Waals surface area (Å²) >= 11 is 0. The molecule has 3 aromatic carbocycles. The van der Waals surface area contributed by atoms with Crippen LogP contribution in [0.4, 0.5) is 5.69 Å². The van der Waals surface area contributed by atoms with Crippen LogP contribution in [-0.4, -0.2) is 11.7 Å². The molecule has 0 atom stereocenters. The first kappa shape index (κ1) is 15.7. The Morgan fingerprint density at radius 1 is 0.667 bits per heavy atom. The highest BCUT2D eigenvalue weighted by atomic mass is 16.1. The van der Waals surface area contributed by atoms with Crippen molar-refractivity contribution < 1.29 is 9.59 Å². The maximum atomic E-state index is 12.4. The molecule has 0 saturated heterocycles. The largest absolute Gasteiger partial charge is 0.322 e. The van der Waals surface area contributed by atoms with Gasteiger partial charge in [0.15, 0.2) is 5.78 Å². The zero-order chi connectivity index (χ0) is 16.8. The average Bonchev–Trinajstić information content (AvgIpc) is 2.64. The summed E-state index contributed by atoms with van der Waals surface area (Å²) in [5, 5.41) is 2.89. The van der Waals surface area contributed by atoms with Gasteiger partial charge < -0.3 is 5.32 Å². The average molecular weight is 315 g/mol. The van der Waals surface area contributed by atoms with Crippen LogP contribution >= 0.6 is 0 Å². The normalized spacial score (nSPS) is 10.2. The minimum atomic E-state index is -0.185. The first-order valence-corrected chi connectivity index (χ1v) is 7.76. The van der Waals surface area contributed by atoms with Crippen molar-refractivity contribution in [1.82, 2.24) is 0 Å². The molecule has 3 nitrogen and oxygen atoms in total. The number of rotatable bonds is 5. The van der Waals surface area contributed by atoms with Crippen molar-refractivity contribution in [2.24, 2.45) is 0 Å². The number of Topliss-reactive ketones (excluding diaryl/α,β-unsaturated/α-hetero) is 1. The Hall–Kier alpha value is -3.20. The Labute approximate surface area is 141 Å². The van der Waals surface area contributed by atoms with Crippen LogP contribution in [0.2, 0.25) is 0 Å². The van der Waals surface area contributed by atoms with Crippen LogP contribution in [0, 0.1) is 0 Å². The smallest absolute Gasteiger partial charge is 0.255 e. The van der Waals surface area contributed by atoms with Gasteiger partial charge in [0.25, 0.3) is 5.91 Å². The van der Waals surface area contributed by atoms with Crippen molar-refractivity contribution in [1.29, 1.82) is 0 Å². The van der Waals surface area contributed by atoms with Gasteiger partial charge in [-0.2, -0.15) is 0 Å². The Bertz CT molecular complexity index is 769. The molecule has 0 aliphatic heterocycles. The van der Waals surface area contributed by atoms with Crippen molar-refractivity contribution in [2.45, 2.75) is 6.42 Å². The third-order valence-corrected chi connectivity index (χ3v) is 3.75. The number of nitrogens with one attached hydrogen (secondary N) is 1. The van der Waals surface area contributed by atoms with E-state index in [1.54, 1.807) is 24.3 Å². The third kappa shape index (κ3) is 3.76. The molecule has 0 aromatic heterocycles. The molecule has 0 heterocycles. The number of benzene rings is 3. The summed E-state index contributed by atoms with van der Waals surface area (Å²) in [5.41, 5.74) is 2.72. The molecule has 0 unspecified atom stereocenters. The Morgan fingerprint density at radius 2 is 1.21 bits per heavy atom. The fourth-order valence-corrected chi connectivity index (χ4v) is 2.48. The van der Waals surface area contributed by atoms with Gasteiger partial charge in [-0.1, -0.05) is 66.7 Å². The lowest BCUT2D eigenvalue weighted by atomic mass is 10.0. The van der Waals surface area contributed by atoms with Gasteiger partial charge in [0.05, 0.1) is 0 Å². The molecule has 0 fully saturated rings. The molecule has 3 rings (SSSR count). The van der Waals surface area contributed by atoms with Crippen LogP contribution in [0.15, 0.2) is 84.9 Å². The third-order valence-electron chi connectivity index (χ3n) is 3.75. The standard InChI is InChI=1S/C21H17NO2/c23-20(16-9-3-1-4-10-16)15-18-13-7-8-14-19(18)22-21(24)17-11-5-2-6-12-17/h1-14H,15H2,(H,22,24). The highest BCUT2D eigenvalue weighted by Crippen LogP contribution is 2.18. The number of para-hydroxylation sites is 1. The molecular formula is C21H17NO2. The van der Waals surface area contributed by atoms with Crippen LogP contribution in [-0.2, 0) is 6.42 Å². The van der Waals surface area contributed by atoms with Crippen LogP contribution < -0.4 is 5.32 Å². The van der Waals surface area contributed by atoms with Gasteiger partial charge in [-0.3, -0.25) is 9.59 Å². The van der Waals surface area contributed by atoms with Gasteiger partial charge in [0.1, 0.15) is 0 Å². The summed E-state index contributed by atoms with van der Waals surface area (Å²) in [7, 11) is 0. The molecule has 0 spiro atoms. The molecule has 24 heavy (non-hydrogen) atoms. The number of hydrogen-bond donors (Lipinski definition) is 1. The summed E-state index contributed by atoms with van der Waals surface area (Å²) in [6.45, 7) is 0. The van der Waals surface area contributed by atoms with Crippen molar-refractivity contribution in [3.8, 4) is 0 Å². The van der Waals surface area contributed by atoms with Crippen molar-refractivity contribution in [3.05, 3.63) is 102 Å². The molecular weight excluding hydrogens is 298 g/mol. The van der Waals surface area contributed by atoms with Crippen molar-refractivity contribution in [3.63, 3.8) is 0 Å². The summed E-state index contributed by atoms with van der Waals surface area (Å²) < 4.78 is 0. The molecule has 0 bridgehead atoms. The minimum Gasteiger partial charge on any atom is -0.322 e. The molecule has 0 radical (unpaired) electrons. The van der Waals surface area contributed by atoms with Gasteiger partial charge in [-0.15, -0.1) is 0 Å².